The van der Waals surface area contributed by atoms with Crippen LogP contribution in [0.4, 0.5) is 0 Å². The minimum absolute atomic E-state index is 0.0884. The van der Waals surface area contributed by atoms with Crippen molar-refractivity contribution in [3.8, 4) is 80.5 Å². The Kier molecular flexibility index (Phi) is 11.9. The number of fused-ring (bicyclic) bond motifs is 6. The minimum atomic E-state index is -3.17. The average molecular weight is 1120 g/mol. The van der Waals surface area contributed by atoms with Crippen LogP contribution in [-0.2, 0) is 35.4 Å². The average Bonchev–Trinajstić information content (AvgIpc) is 1.33. The summed E-state index contributed by atoms with van der Waals surface area (Å²) >= 11 is 0. The van der Waals surface area contributed by atoms with Crippen LogP contribution in [0.3, 0.4) is 0 Å². The van der Waals surface area contributed by atoms with Gasteiger partial charge in [0.1, 0.15) is 57.8 Å². The Bertz CT molecular complexity index is 3800. The Hall–Kier alpha value is -10.4. The molecule has 6 aromatic carbocycles. The lowest BCUT2D eigenvalue weighted by molar-refractivity contribution is -0.316. The minimum Gasteiger partial charge on any atom is -0.508 e. The maximum Gasteiger partial charge on any atom is 0.357 e. The lowest BCUT2D eigenvalue weighted by Gasteiger charge is -2.50. The van der Waals surface area contributed by atoms with Crippen molar-refractivity contribution in [2.45, 2.75) is 59.9 Å². The number of ether oxygens (including phenoxy) is 8. The van der Waals surface area contributed by atoms with Crippen LogP contribution in [0.5, 0.6) is 80.5 Å². The van der Waals surface area contributed by atoms with Gasteiger partial charge in [0.05, 0.1) is 6.10 Å². The molecule has 0 bridgehead atoms. The van der Waals surface area contributed by atoms with Gasteiger partial charge in [0.15, 0.2) is 46.0 Å². The number of ketones is 2. The molecule has 1 fully saturated rings. The highest BCUT2D eigenvalue weighted by molar-refractivity contribution is 6.09. The second-order valence-corrected chi connectivity index (χ2v) is 19.1. The normalized spacial score (nSPS) is 26.7. The number of carbonyl (C=O) groups excluding carboxylic acids is 4. The van der Waals surface area contributed by atoms with Gasteiger partial charge in [0.2, 0.25) is 5.60 Å². The van der Waals surface area contributed by atoms with E-state index in [4.69, 9.17) is 37.9 Å². The number of benzene rings is 6. The number of carboxylic acid groups (broad SMARTS) is 1. The highest BCUT2D eigenvalue weighted by Gasteiger charge is 2.72. The van der Waals surface area contributed by atoms with Crippen LogP contribution in [0.2, 0.25) is 0 Å². The predicted molar refractivity (Wildman–Crippen MR) is 263 cm³/mol. The largest absolute Gasteiger partial charge is 0.508 e. The van der Waals surface area contributed by atoms with Crippen LogP contribution < -0.4 is 28.4 Å². The van der Waals surface area contributed by atoms with Gasteiger partial charge in [0.25, 0.3) is 11.6 Å². The number of carboxylic acids is 1. The fraction of sp³-hybridized carbons (Fsp3) is 0.182. The Morgan fingerprint density at radius 2 is 0.938 bits per heavy atom. The van der Waals surface area contributed by atoms with E-state index in [0.717, 1.165) is 85.0 Å². The molecular weight excluding hydrogens is 1080 g/mol. The molecule has 26 heteroatoms. The monoisotopic (exact) mass is 1120 g/mol. The Morgan fingerprint density at radius 1 is 0.494 bits per heavy atom. The molecule has 1 aliphatic carbocycles. The number of aliphatic hydroxyl groups is 4. The first-order valence-corrected chi connectivity index (χ1v) is 23.8. The van der Waals surface area contributed by atoms with Crippen molar-refractivity contribution in [3.63, 3.8) is 0 Å². The van der Waals surface area contributed by atoms with Crippen LogP contribution in [0, 0.1) is 0 Å². The molecule has 4 unspecified atom stereocenters. The van der Waals surface area contributed by atoms with E-state index in [-0.39, 0.29) is 45.3 Å². The lowest BCUT2D eigenvalue weighted by atomic mass is 9.79. The molecular formula is C55H40O26. The SMILES string of the molecule is O=C(C=Cc1ccc2c(c1)OC1(c3ccc(O)c(O)c3)Oc3cc(O)cc(O)c3C(=O)C1(O)O2)O[C@@H]1C[C@@](OC(=O)C=Cc2ccc3c(c2)OC2(c4ccc(O)c(O)c4)Oc4cc(O)cc(O)c4C(=O)C2(O)O3)(C(=O)O)C[C@@H](O)[C@@H]1O. The number of hydrogen-bond acceptors (Lipinski definition) is 25. The molecule has 0 amide bonds. The molecule has 5 aliphatic rings. The van der Waals surface area contributed by atoms with E-state index in [9.17, 15) is 90.4 Å². The van der Waals surface area contributed by atoms with Crippen LogP contribution in [0.15, 0.2) is 109 Å². The van der Waals surface area contributed by atoms with Crippen molar-refractivity contribution in [3.05, 3.63) is 143 Å². The summed E-state index contributed by atoms with van der Waals surface area (Å²) in [5.41, 5.74) is -4.27. The second-order valence-electron chi connectivity index (χ2n) is 19.1. The maximum atomic E-state index is 14.0. The van der Waals surface area contributed by atoms with E-state index < -0.39 is 158 Å². The fourth-order valence-corrected chi connectivity index (χ4v) is 9.97. The van der Waals surface area contributed by atoms with Crippen molar-refractivity contribution < 1.29 is 128 Å². The number of aliphatic carboxylic acids is 1. The maximum absolute atomic E-state index is 14.0. The van der Waals surface area contributed by atoms with Gasteiger partial charge in [-0.2, -0.15) is 0 Å². The summed E-state index contributed by atoms with van der Waals surface area (Å²) in [5, 5.41) is 139. The molecule has 8 atom stereocenters. The van der Waals surface area contributed by atoms with Crippen LogP contribution in [0.25, 0.3) is 12.2 Å². The number of carbonyl (C=O) groups is 5. The molecule has 0 saturated heterocycles. The summed E-state index contributed by atoms with van der Waals surface area (Å²) in [4.78, 5) is 67.7. The summed E-state index contributed by atoms with van der Waals surface area (Å²) in [6.07, 6.45) is -3.63. The van der Waals surface area contributed by atoms with E-state index >= 15 is 0 Å². The fourth-order valence-electron chi connectivity index (χ4n) is 9.97. The van der Waals surface area contributed by atoms with E-state index in [0.29, 0.717) is 0 Å². The summed E-state index contributed by atoms with van der Waals surface area (Å²) in [5.74, 6) is -26.4. The van der Waals surface area contributed by atoms with Crippen molar-refractivity contribution in [1.29, 1.82) is 0 Å². The summed E-state index contributed by atoms with van der Waals surface area (Å²) in [6, 6.07) is 16.9. The Balaban J connectivity index is 0.809. The quantitative estimate of drug-likeness (QED) is 0.0562. The predicted octanol–water partition coefficient (Wildman–Crippen LogP) is 3.03. The van der Waals surface area contributed by atoms with Crippen LogP contribution >= 0.6 is 0 Å². The summed E-state index contributed by atoms with van der Waals surface area (Å²) in [6.45, 7) is 0. The van der Waals surface area contributed by atoms with Crippen molar-refractivity contribution in [2.24, 2.45) is 0 Å². The Labute approximate surface area is 451 Å². The number of hydrogen-bond donors (Lipinski definition) is 13. The zero-order chi connectivity index (χ0) is 57.9. The number of Topliss-reactive ketones (excluding diaryl/α,β-unsaturated/α-hetero) is 2. The molecule has 0 radical (unpaired) electrons. The molecule has 416 valence electrons. The van der Waals surface area contributed by atoms with Crippen LogP contribution in [0.1, 0.15) is 55.8 Å². The number of esters is 2. The smallest absolute Gasteiger partial charge is 0.357 e. The lowest BCUT2D eigenvalue weighted by Crippen LogP contribution is -2.70. The first-order chi connectivity index (χ1) is 38.3. The van der Waals surface area contributed by atoms with Gasteiger partial charge < -0.3 is 104 Å². The number of phenols is 8. The van der Waals surface area contributed by atoms with Crippen molar-refractivity contribution in [1.82, 2.24) is 0 Å². The molecule has 0 aromatic heterocycles. The highest BCUT2D eigenvalue weighted by Crippen LogP contribution is 2.58. The van der Waals surface area contributed by atoms with Gasteiger partial charge in [0, 0.05) is 60.4 Å². The standard InChI is InChI=1S/C55H40O26/c56-27-17-33(62)45-40(19-27)79-54(25-5-7-29(58)31(60)15-25)52(72,48(45)68)75-36-9-1-23(13-38(36)77-54)3-11-43(65)74-42-22-51(50(70)71,21-35(64)47(42)67)81-44(66)12-4-24-2-10-37-39(14-24)78-55(26-6-8-30(59)32(61)16-26)53(73,76-37)49(69)46-34(63)18-28(57)20-41(46)80-55/h1-20,35,42,47,56-64,67,72-73H,21-22H2,(H,70,71)/t35-,42-,47+,51-,52?,53?,54?,55?/m1/s1. The molecule has 4 aliphatic heterocycles. The third-order valence-corrected chi connectivity index (χ3v) is 13.9. The first kappa shape index (κ1) is 52.6. The highest BCUT2D eigenvalue weighted by atomic mass is 16.8. The van der Waals surface area contributed by atoms with E-state index in [2.05, 4.69) is 0 Å². The van der Waals surface area contributed by atoms with Crippen molar-refractivity contribution >= 4 is 41.6 Å². The van der Waals surface area contributed by atoms with Gasteiger partial charge in [-0.05, 0) is 83.9 Å². The first-order valence-electron chi connectivity index (χ1n) is 23.8. The second kappa shape index (κ2) is 18.3. The zero-order valence-electron chi connectivity index (χ0n) is 40.8. The van der Waals surface area contributed by atoms with Gasteiger partial charge in [-0.15, -0.1) is 0 Å². The number of phenolic OH excluding ortho intramolecular Hbond substituents is 8. The van der Waals surface area contributed by atoms with Gasteiger partial charge in [-0.25, -0.2) is 14.4 Å². The van der Waals surface area contributed by atoms with Crippen molar-refractivity contribution in [2.75, 3.05) is 0 Å². The zero-order valence-corrected chi connectivity index (χ0v) is 40.8. The van der Waals surface area contributed by atoms with Gasteiger partial charge >= 0.3 is 41.1 Å². The molecule has 13 N–H and O–H groups in total. The van der Waals surface area contributed by atoms with Gasteiger partial charge in [-0.3, -0.25) is 9.59 Å². The summed E-state index contributed by atoms with van der Waals surface area (Å²) < 4.78 is 46.8. The third kappa shape index (κ3) is 8.23. The Morgan fingerprint density at radius 3 is 1.38 bits per heavy atom. The van der Waals surface area contributed by atoms with Crippen LogP contribution in [-0.4, -0.2) is 131 Å². The number of rotatable bonds is 9. The molecule has 81 heavy (non-hydrogen) atoms. The van der Waals surface area contributed by atoms with Gasteiger partial charge in [-0.1, -0.05) is 12.1 Å². The molecule has 1 saturated carbocycles. The molecule has 6 aromatic rings. The molecule has 4 heterocycles. The number of aromatic hydroxyl groups is 8. The van der Waals surface area contributed by atoms with E-state index in [1.165, 1.54) is 36.4 Å². The van der Waals surface area contributed by atoms with E-state index in [1.807, 2.05) is 0 Å². The summed E-state index contributed by atoms with van der Waals surface area (Å²) in [7, 11) is 0. The molecule has 11 rings (SSSR count). The van der Waals surface area contributed by atoms with E-state index in [1.54, 1.807) is 0 Å². The topological polar surface area (TPSA) is 422 Å². The number of aliphatic hydroxyl groups excluding tert-OH is 2. The molecule has 26 nitrogen and oxygen atoms in total. The molecule has 0 spiro atoms. The third-order valence-electron chi connectivity index (χ3n) is 13.9.